The van der Waals surface area contributed by atoms with Gasteiger partial charge in [-0.05, 0) is 62.7 Å². The van der Waals surface area contributed by atoms with Gasteiger partial charge in [-0.2, -0.15) is 8.78 Å². The molecule has 1 unspecified atom stereocenters. The van der Waals surface area contributed by atoms with Crippen LogP contribution in [0.2, 0.25) is 0 Å². The highest BCUT2D eigenvalue weighted by atomic mass is 79.9. The summed E-state index contributed by atoms with van der Waals surface area (Å²) >= 11 is 3.16. The first-order valence-electron chi connectivity index (χ1n) is 11.0. The van der Waals surface area contributed by atoms with Crippen LogP contribution < -0.4 is 9.79 Å². The Bertz CT molecular complexity index is 1150. The number of aryl methyl sites for hydroxylation is 1. The van der Waals surface area contributed by atoms with Crippen molar-refractivity contribution in [2.24, 2.45) is 0 Å². The molecule has 0 amide bonds. The third kappa shape index (κ3) is 5.84. The van der Waals surface area contributed by atoms with Gasteiger partial charge in [0.1, 0.15) is 0 Å². The van der Waals surface area contributed by atoms with Crippen LogP contribution in [0.5, 0.6) is 0 Å². The van der Waals surface area contributed by atoms with Crippen LogP contribution in [0.4, 0.5) is 8.78 Å². The van der Waals surface area contributed by atoms with E-state index in [9.17, 15) is 23.1 Å². The molecule has 182 valence electrons. The first-order chi connectivity index (χ1) is 16.1. The zero-order chi connectivity index (χ0) is 24.9. The summed E-state index contributed by atoms with van der Waals surface area (Å²) in [5, 5.41) is 0. The van der Waals surface area contributed by atoms with Gasteiger partial charge in [-0.15, -0.1) is 0 Å². The Kier molecular flexibility index (Phi) is 8.82. The Morgan fingerprint density at radius 1 is 0.971 bits per heavy atom. The molecule has 0 heterocycles. The normalized spacial score (nSPS) is 13.1. The molecule has 0 fully saturated rings. The average molecular weight is 551 g/mol. The van der Waals surface area contributed by atoms with Crippen LogP contribution in [0.15, 0.2) is 71.2 Å². The molecule has 3 aromatic rings. The first-order valence-corrected chi connectivity index (χ1v) is 13.4. The molecule has 0 aliphatic rings. The minimum absolute atomic E-state index is 0.0676. The molecule has 0 radical (unpaired) electrons. The lowest BCUT2D eigenvalue weighted by atomic mass is 9.94. The molecule has 0 spiro atoms. The predicted octanol–water partition coefficient (Wildman–Crippen LogP) is 6.04. The molecule has 0 bridgehead atoms. The second-order valence-corrected chi connectivity index (χ2v) is 10.3. The third-order valence-corrected chi connectivity index (χ3v) is 7.67. The Labute approximate surface area is 207 Å². The summed E-state index contributed by atoms with van der Waals surface area (Å²) in [5.41, 5.74) is -1.49. The summed E-state index contributed by atoms with van der Waals surface area (Å²) in [6.45, 7) is 3.73. The molecule has 3 rings (SSSR count). The van der Waals surface area contributed by atoms with Crippen molar-refractivity contribution in [2.45, 2.75) is 51.5 Å². The van der Waals surface area contributed by atoms with Crippen LogP contribution in [0.3, 0.4) is 0 Å². The lowest BCUT2D eigenvalue weighted by molar-refractivity contribution is -0.335. The van der Waals surface area contributed by atoms with E-state index in [0.29, 0.717) is 30.4 Å². The van der Waals surface area contributed by atoms with Gasteiger partial charge in [0.2, 0.25) is 0 Å². The summed E-state index contributed by atoms with van der Waals surface area (Å²) in [6, 6.07) is 20.8. The second kappa shape index (κ2) is 11.2. The fourth-order valence-electron chi connectivity index (χ4n) is 4.00. The van der Waals surface area contributed by atoms with Crippen molar-refractivity contribution in [3.8, 4) is 0 Å². The fraction of sp³-hybridized carbons (Fsp3) is 0.308. The van der Waals surface area contributed by atoms with Crippen LogP contribution in [0.1, 0.15) is 53.3 Å². The number of alkyl halides is 2. The molecule has 0 saturated carbocycles. The van der Waals surface area contributed by atoms with Gasteiger partial charge in [0.25, 0.3) is 5.66 Å². The molecule has 1 atom stereocenters. The van der Waals surface area contributed by atoms with Crippen molar-refractivity contribution in [3.63, 3.8) is 0 Å². The van der Waals surface area contributed by atoms with Gasteiger partial charge in [0, 0.05) is 24.1 Å². The van der Waals surface area contributed by atoms with Crippen LogP contribution in [-0.2, 0) is 40.8 Å². The molecule has 4 nitrogen and oxygen atoms in total. The summed E-state index contributed by atoms with van der Waals surface area (Å²) in [6.07, 6.45) is 1.08. The van der Waals surface area contributed by atoms with Crippen molar-refractivity contribution in [2.75, 3.05) is 0 Å². The van der Waals surface area contributed by atoms with E-state index in [-0.39, 0.29) is 17.2 Å². The maximum atomic E-state index is 14.5. The number of ether oxygens (including phenoxy) is 1. The molecular weight excluding hydrogens is 525 g/mol. The lowest BCUT2D eigenvalue weighted by Crippen LogP contribution is -2.30. The van der Waals surface area contributed by atoms with E-state index >= 15 is 0 Å². The van der Waals surface area contributed by atoms with Crippen molar-refractivity contribution < 1.29 is 27.9 Å². The maximum absolute atomic E-state index is 14.5. The van der Waals surface area contributed by atoms with Gasteiger partial charge in [-0.3, -0.25) is 0 Å². The average Bonchev–Trinajstić information content (AvgIpc) is 2.82. The van der Waals surface area contributed by atoms with E-state index in [1.165, 1.54) is 0 Å². The number of hydrogen-bond donors (Lipinski definition) is 0. The highest BCUT2D eigenvalue weighted by Gasteiger charge is 2.39. The highest BCUT2D eigenvalue weighted by Crippen LogP contribution is 2.55. The van der Waals surface area contributed by atoms with E-state index in [0.717, 1.165) is 22.8 Å². The maximum Gasteiger partial charge on any atom is 0.297 e. The summed E-state index contributed by atoms with van der Waals surface area (Å²) in [4.78, 5) is 22.6. The van der Waals surface area contributed by atoms with Gasteiger partial charge in [0.15, 0.2) is 0 Å². The van der Waals surface area contributed by atoms with Gasteiger partial charge < -0.3 is 19.1 Å². The fourth-order valence-corrected chi connectivity index (χ4v) is 5.50. The Morgan fingerprint density at radius 3 is 2.09 bits per heavy atom. The molecule has 34 heavy (non-hydrogen) atoms. The molecule has 0 aromatic heterocycles. The van der Waals surface area contributed by atoms with Crippen molar-refractivity contribution in [1.29, 1.82) is 0 Å². The minimum atomic E-state index is -6.20. The predicted molar refractivity (Wildman–Crippen MR) is 129 cm³/mol. The van der Waals surface area contributed by atoms with Gasteiger partial charge in [-0.1, -0.05) is 74.5 Å². The van der Waals surface area contributed by atoms with Crippen LogP contribution in [0.25, 0.3) is 0 Å². The van der Waals surface area contributed by atoms with Crippen molar-refractivity contribution in [3.05, 3.63) is 105 Å². The van der Waals surface area contributed by atoms with E-state index in [4.69, 9.17) is 4.74 Å². The van der Waals surface area contributed by atoms with Crippen molar-refractivity contribution >= 4 is 23.5 Å². The zero-order valence-corrected chi connectivity index (χ0v) is 21.5. The SMILES string of the molecule is CCc1cc(C(F)(F)P(=O)([O-])[O-])c(Br)c(CC)c1COC(Cc1ccccc1)c1ccccc1. The first kappa shape index (κ1) is 26.7. The van der Waals surface area contributed by atoms with Crippen LogP contribution >= 0.6 is 23.5 Å². The molecule has 0 aliphatic heterocycles. The summed E-state index contributed by atoms with van der Waals surface area (Å²) < 4.78 is 46.6. The summed E-state index contributed by atoms with van der Waals surface area (Å²) in [5.74, 6) is 0. The van der Waals surface area contributed by atoms with Gasteiger partial charge >= 0.3 is 0 Å². The molecule has 0 saturated heterocycles. The molecular formula is C26H26BrF2O4P-2. The molecule has 3 aromatic carbocycles. The quantitative estimate of drug-likeness (QED) is 0.288. The van der Waals surface area contributed by atoms with Crippen LogP contribution in [-0.4, -0.2) is 0 Å². The van der Waals surface area contributed by atoms with E-state index in [1.807, 2.05) is 60.7 Å². The molecule has 0 aliphatic carbocycles. The largest absolute Gasteiger partial charge is 0.806 e. The smallest absolute Gasteiger partial charge is 0.297 e. The Morgan fingerprint density at radius 2 is 1.56 bits per heavy atom. The number of benzene rings is 3. The van der Waals surface area contributed by atoms with Gasteiger partial charge in [-0.25, -0.2) is 0 Å². The van der Waals surface area contributed by atoms with Gasteiger partial charge in [0.05, 0.1) is 12.7 Å². The zero-order valence-electron chi connectivity index (χ0n) is 19.0. The topological polar surface area (TPSA) is 72.4 Å². The number of rotatable bonds is 10. The second-order valence-electron chi connectivity index (χ2n) is 8.00. The lowest BCUT2D eigenvalue weighted by Gasteiger charge is -2.39. The number of halogens is 3. The van der Waals surface area contributed by atoms with Crippen molar-refractivity contribution in [1.82, 2.24) is 0 Å². The highest BCUT2D eigenvalue weighted by molar-refractivity contribution is 9.10. The Hall–Kier alpha value is -1.89. The minimum Gasteiger partial charge on any atom is -0.806 e. The van der Waals surface area contributed by atoms with E-state index < -0.39 is 18.8 Å². The monoisotopic (exact) mass is 550 g/mol. The number of hydrogen-bond acceptors (Lipinski definition) is 4. The third-order valence-electron chi connectivity index (χ3n) is 5.84. The van der Waals surface area contributed by atoms with Crippen LogP contribution in [0, 0.1) is 0 Å². The Balaban J connectivity index is 2.00. The van der Waals surface area contributed by atoms with E-state index in [2.05, 4.69) is 15.9 Å². The summed E-state index contributed by atoms with van der Waals surface area (Å²) in [7, 11) is -6.20. The molecule has 0 N–H and O–H groups in total. The standard InChI is InChI=1S/C26H28BrF2O4P/c1-3-19-16-23(26(28,29)34(30,31)32)25(27)21(4-2)22(19)17-33-24(20-13-9-6-10-14-20)15-18-11-7-5-8-12-18/h5-14,16,24H,3-4,15,17H2,1-2H3,(H2,30,31,32)/p-2. The van der Waals surface area contributed by atoms with E-state index in [1.54, 1.807) is 13.8 Å². The molecule has 8 heteroatoms.